The Bertz CT molecular complexity index is 821. The van der Waals surface area contributed by atoms with E-state index in [4.69, 9.17) is 5.11 Å². The molecule has 0 radical (unpaired) electrons. The number of benzene rings is 1. The maximum Gasteiger partial charge on any atom is 0.317 e. The van der Waals surface area contributed by atoms with Gasteiger partial charge in [-0.3, -0.25) is 4.79 Å². The summed E-state index contributed by atoms with van der Waals surface area (Å²) in [4.78, 5) is 28.9. The molecule has 2 N–H and O–H groups in total. The van der Waals surface area contributed by atoms with Gasteiger partial charge in [-0.2, -0.15) is 0 Å². The molecule has 1 aliphatic heterocycles. The monoisotopic (exact) mass is 360 g/mol. The Morgan fingerprint density at radius 2 is 2.23 bits per heavy atom. The third kappa shape index (κ3) is 3.84. The number of piperidine rings is 1. The van der Waals surface area contributed by atoms with Gasteiger partial charge in [-0.25, -0.2) is 14.2 Å². The van der Waals surface area contributed by atoms with Crippen LogP contribution in [0.2, 0.25) is 0 Å². The van der Waals surface area contributed by atoms with Gasteiger partial charge in [0.1, 0.15) is 11.6 Å². The summed E-state index contributed by atoms with van der Waals surface area (Å²) >= 11 is 0. The molecule has 1 unspecified atom stereocenters. The van der Waals surface area contributed by atoms with Crippen molar-refractivity contribution in [2.45, 2.75) is 26.3 Å². The maximum absolute atomic E-state index is 14.4. The number of carbonyl (C=O) groups excluding carboxylic acids is 1. The van der Waals surface area contributed by atoms with Gasteiger partial charge in [-0.05, 0) is 37.5 Å². The molecule has 1 atom stereocenters. The number of hydrogen-bond donors (Lipinski definition) is 2. The summed E-state index contributed by atoms with van der Waals surface area (Å²) in [5, 5.41) is 11.8. The Balaban J connectivity index is 1.61. The molecule has 2 amide bonds. The highest BCUT2D eigenvalue weighted by molar-refractivity contribution is 5.76. The number of amides is 2. The van der Waals surface area contributed by atoms with Crippen LogP contribution >= 0.6 is 0 Å². The number of aromatic nitrogens is 2. The number of hydrogen-bond acceptors (Lipinski definition) is 3. The van der Waals surface area contributed by atoms with E-state index in [-0.39, 0.29) is 19.1 Å². The quantitative estimate of drug-likeness (QED) is 0.876. The standard InChI is InChI=1S/C18H21FN4O3/c1-12-20-6-8-23(12)16-5-4-13(9-15(16)19)10-21-18(26)22-7-2-3-14(11-22)17(24)25/h4-6,8-9,14H,2-3,7,10-11H2,1H3,(H,21,26)(H,24,25). The summed E-state index contributed by atoms with van der Waals surface area (Å²) in [5.41, 5.74) is 1.03. The van der Waals surface area contributed by atoms with Crippen molar-refractivity contribution in [3.05, 3.63) is 47.8 Å². The van der Waals surface area contributed by atoms with Gasteiger partial charge in [0, 0.05) is 32.0 Å². The second kappa shape index (κ2) is 7.55. The Hall–Kier alpha value is -2.90. The minimum atomic E-state index is -0.880. The first-order valence-electron chi connectivity index (χ1n) is 8.50. The molecule has 1 aliphatic rings. The third-order valence-corrected chi connectivity index (χ3v) is 4.60. The van der Waals surface area contributed by atoms with Gasteiger partial charge in [0.25, 0.3) is 0 Å². The molecule has 7 nitrogen and oxygen atoms in total. The molecule has 2 heterocycles. The van der Waals surface area contributed by atoms with Crippen molar-refractivity contribution in [3.8, 4) is 5.69 Å². The minimum absolute atomic E-state index is 0.174. The summed E-state index contributed by atoms with van der Waals surface area (Å²) in [5.74, 6) is -1.12. The van der Waals surface area contributed by atoms with Crippen molar-refractivity contribution in [2.24, 2.45) is 5.92 Å². The predicted molar refractivity (Wildman–Crippen MR) is 92.4 cm³/mol. The number of urea groups is 1. The molecular formula is C18H21FN4O3. The highest BCUT2D eigenvalue weighted by Gasteiger charge is 2.27. The second-order valence-corrected chi connectivity index (χ2v) is 6.41. The second-order valence-electron chi connectivity index (χ2n) is 6.41. The Kier molecular flexibility index (Phi) is 5.20. The molecule has 0 spiro atoms. The van der Waals surface area contributed by atoms with E-state index in [1.807, 2.05) is 0 Å². The van der Waals surface area contributed by atoms with Gasteiger partial charge in [0.15, 0.2) is 0 Å². The zero-order chi connectivity index (χ0) is 18.7. The molecule has 0 aliphatic carbocycles. The lowest BCUT2D eigenvalue weighted by atomic mass is 9.99. The predicted octanol–water partition coefficient (Wildman–Crippen LogP) is 2.33. The molecular weight excluding hydrogens is 339 g/mol. The van der Waals surface area contributed by atoms with Crippen LogP contribution < -0.4 is 5.32 Å². The summed E-state index contributed by atoms with van der Waals surface area (Å²) in [6.07, 6.45) is 4.54. The SMILES string of the molecule is Cc1nccn1-c1ccc(CNC(=O)N2CCCC(C(=O)O)C2)cc1F. The Labute approximate surface area is 150 Å². The fourth-order valence-electron chi connectivity index (χ4n) is 3.14. The van der Waals surface area contributed by atoms with Gasteiger partial charge < -0.3 is 19.9 Å². The normalized spacial score (nSPS) is 17.2. The zero-order valence-electron chi connectivity index (χ0n) is 14.5. The molecule has 138 valence electrons. The fourth-order valence-corrected chi connectivity index (χ4v) is 3.14. The van der Waals surface area contributed by atoms with Crippen LogP contribution in [0.25, 0.3) is 5.69 Å². The average Bonchev–Trinajstić information content (AvgIpc) is 3.05. The summed E-state index contributed by atoms with van der Waals surface area (Å²) in [7, 11) is 0. The van der Waals surface area contributed by atoms with Crippen molar-refractivity contribution >= 4 is 12.0 Å². The van der Waals surface area contributed by atoms with Crippen molar-refractivity contribution < 1.29 is 19.1 Å². The van der Waals surface area contributed by atoms with Crippen LogP contribution in [0.3, 0.4) is 0 Å². The summed E-state index contributed by atoms with van der Waals surface area (Å²) in [6, 6.07) is 4.44. The third-order valence-electron chi connectivity index (χ3n) is 4.60. The highest BCUT2D eigenvalue weighted by atomic mass is 19.1. The van der Waals surface area contributed by atoms with E-state index in [0.29, 0.717) is 36.5 Å². The number of nitrogens with zero attached hydrogens (tertiary/aromatic N) is 3. The van der Waals surface area contributed by atoms with Crippen LogP contribution in [0.5, 0.6) is 0 Å². The summed E-state index contributed by atoms with van der Waals surface area (Å²) in [6.45, 7) is 2.70. The molecule has 1 fully saturated rings. The van der Waals surface area contributed by atoms with Crippen molar-refractivity contribution in [1.82, 2.24) is 19.8 Å². The van der Waals surface area contributed by atoms with Crippen LogP contribution in [0.4, 0.5) is 9.18 Å². The number of nitrogens with one attached hydrogen (secondary N) is 1. The van der Waals surface area contributed by atoms with E-state index in [9.17, 15) is 14.0 Å². The number of halogens is 1. The number of carboxylic acid groups (broad SMARTS) is 1. The highest BCUT2D eigenvalue weighted by Crippen LogP contribution is 2.18. The van der Waals surface area contributed by atoms with Crippen LogP contribution in [0, 0.1) is 18.7 Å². The van der Waals surface area contributed by atoms with Gasteiger partial charge in [0.05, 0.1) is 11.6 Å². The van der Waals surface area contributed by atoms with E-state index in [1.165, 1.54) is 11.0 Å². The smallest absolute Gasteiger partial charge is 0.317 e. The molecule has 8 heteroatoms. The average molecular weight is 360 g/mol. The molecule has 26 heavy (non-hydrogen) atoms. The minimum Gasteiger partial charge on any atom is -0.481 e. The lowest BCUT2D eigenvalue weighted by molar-refractivity contribution is -0.143. The maximum atomic E-state index is 14.4. The fraction of sp³-hybridized carbons (Fsp3) is 0.389. The van der Waals surface area contributed by atoms with Crippen LogP contribution in [-0.2, 0) is 11.3 Å². The molecule has 1 aromatic carbocycles. The van der Waals surface area contributed by atoms with Crippen LogP contribution in [0.15, 0.2) is 30.6 Å². The Morgan fingerprint density at radius 1 is 1.42 bits per heavy atom. The Morgan fingerprint density at radius 3 is 2.88 bits per heavy atom. The molecule has 3 rings (SSSR count). The summed E-state index contributed by atoms with van der Waals surface area (Å²) < 4.78 is 16.0. The van der Waals surface area contributed by atoms with E-state index >= 15 is 0 Å². The first-order valence-corrected chi connectivity index (χ1v) is 8.50. The van der Waals surface area contributed by atoms with E-state index in [1.54, 1.807) is 36.0 Å². The first kappa shape index (κ1) is 17.9. The van der Waals surface area contributed by atoms with Gasteiger partial charge >= 0.3 is 12.0 Å². The van der Waals surface area contributed by atoms with Crippen molar-refractivity contribution in [3.63, 3.8) is 0 Å². The molecule has 0 bridgehead atoms. The van der Waals surface area contributed by atoms with Crippen molar-refractivity contribution in [2.75, 3.05) is 13.1 Å². The van der Waals surface area contributed by atoms with Gasteiger partial charge in [0.2, 0.25) is 0 Å². The number of imidazole rings is 1. The van der Waals surface area contributed by atoms with Crippen molar-refractivity contribution in [1.29, 1.82) is 0 Å². The zero-order valence-corrected chi connectivity index (χ0v) is 14.5. The molecule has 1 saturated heterocycles. The largest absolute Gasteiger partial charge is 0.481 e. The topological polar surface area (TPSA) is 87.5 Å². The number of aliphatic carboxylic acids is 1. The molecule has 2 aromatic rings. The lowest BCUT2D eigenvalue weighted by Crippen LogP contribution is -2.46. The van der Waals surface area contributed by atoms with E-state index in [0.717, 1.165) is 0 Å². The molecule has 0 saturated carbocycles. The van der Waals surface area contributed by atoms with Crippen LogP contribution in [-0.4, -0.2) is 44.6 Å². The van der Waals surface area contributed by atoms with E-state index < -0.39 is 17.7 Å². The van der Waals surface area contributed by atoms with Gasteiger partial charge in [-0.1, -0.05) is 6.07 Å². The first-order chi connectivity index (χ1) is 12.5. The number of aryl methyl sites for hydroxylation is 1. The lowest BCUT2D eigenvalue weighted by Gasteiger charge is -2.30. The number of likely N-dealkylation sites (tertiary alicyclic amines) is 1. The van der Waals surface area contributed by atoms with Gasteiger partial charge in [-0.15, -0.1) is 0 Å². The van der Waals surface area contributed by atoms with E-state index in [2.05, 4.69) is 10.3 Å². The van der Waals surface area contributed by atoms with Crippen LogP contribution in [0.1, 0.15) is 24.2 Å². The number of carboxylic acids is 1. The number of carbonyl (C=O) groups is 2. The molecule has 1 aromatic heterocycles. The number of rotatable bonds is 4.